The first-order valence-corrected chi connectivity index (χ1v) is 8.99. The van der Waals surface area contributed by atoms with Gasteiger partial charge in [-0.1, -0.05) is 24.3 Å². The summed E-state index contributed by atoms with van der Waals surface area (Å²) in [5, 5.41) is 8.49. The second kappa shape index (κ2) is 7.42. The Kier molecular flexibility index (Phi) is 5.21. The van der Waals surface area contributed by atoms with Crippen molar-refractivity contribution < 1.29 is 9.18 Å². The molecule has 2 aromatic rings. The van der Waals surface area contributed by atoms with Crippen LogP contribution in [-0.2, 0) is 6.54 Å². The molecule has 0 radical (unpaired) electrons. The van der Waals surface area contributed by atoms with Crippen LogP contribution >= 0.6 is 0 Å². The fourth-order valence-electron chi connectivity index (χ4n) is 3.15. The number of carbonyl (C=O) groups excluding carboxylic acids is 1. The predicted molar refractivity (Wildman–Crippen MR) is 103 cm³/mol. The van der Waals surface area contributed by atoms with Gasteiger partial charge in [0.05, 0.1) is 17.5 Å². The van der Waals surface area contributed by atoms with Crippen molar-refractivity contribution in [3.8, 4) is 0 Å². The van der Waals surface area contributed by atoms with Crippen molar-refractivity contribution in [3.05, 3.63) is 59.3 Å². The van der Waals surface area contributed by atoms with Crippen LogP contribution in [0.2, 0.25) is 0 Å². The highest BCUT2D eigenvalue weighted by molar-refractivity contribution is 5.96. The van der Waals surface area contributed by atoms with Crippen molar-refractivity contribution in [2.45, 2.75) is 46.5 Å². The van der Waals surface area contributed by atoms with Crippen LogP contribution in [0.25, 0.3) is 0 Å². The standard InChI is InChI=1S/C20H24FN5O/c1-12-6-8-17(9-7-12)20(27)25-10-11-26-18(23-24-19(26)16(25)5)15(4)22-14(3)13(2)21/h6-9,13,16H,3,10-11H2,1-2,4-5H3/t13?,16-/m1/s1. The molecule has 6 nitrogen and oxygen atoms in total. The SMILES string of the molecule is C=C(N=C(C)c1nnc2n1CCN(C(=O)c1ccc(C)cc1)[C@@H]2C)C(C)F. The number of aliphatic imine (C=N–C) groups is 1. The van der Waals surface area contributed by atoms with E-state index in [9.17, 15) is 9.18 Å². The fourth-order valence-corrected chi connectivity index (χ4v) is 3.15. The summed E-state index contributed by atoms with van der Waals surface area (Å²) in [5.74, 6) is 1.26. The third-order valence-corrected chi connectivity index (χ3v) is 4.84. The number of aryl methyl sites for hydroxylation is 1. The molecular formula is C20H24FN5O. The largest absolute Gasteiger partial charge is 0.327 e. The van der Waals surface area contributed by atoms with Gasteiger partial charge in [0.2, 0.25) is 0 Å². The first-order valence-electron chi connectivity index (χ1n) is 8.99. The minimum Gasteiger partial charge on any atom is -0.327 e. The minimum atomic E-state index is -1.22. The zero-order valence-corrected chi connectivity index (χ0v) is 16.1. The molecule has 2 atom stereocenters. The molecule has 1 unspecified atom stereocenters. The molecule has 142 valence electrons. The molecule has 2 heterocycles. The van der Waals surface area contributed by atoms with E-state index < -0.39 is 6.17 Å². The fraction of sp³-hybridized carbons (Fsp3) is 0.400. The molecule has 1 aromatic carbocycles. The third kappa shape index (κ3) is 3.67. The van der Waals surface area contributed by atoms with Gasteiger partial charge in [0, 0.05) is 18.7 Å². The van der Waals surface area contributed by atoms with Crippen molar-refractivity contribution in [3.63, 3.8) is 0 Å². The molecule has 7 heteroatoms. The van der Waals surface area contributed by atoms with Gasteiger partial charge in [0.15, 0.2) is 11.6 Å². The van der Waals surface area contributed by atoms with Crippen LogP contribution < -0.4 is 0 Å². The number of hydrogen-bond acceptors (Lipinski definition) is 4. The Labute approximate surface area is 158 Å². The van der Waals surface area contributed by atoms with E-state index in [-0.39, 0.29) is 17.6 Å². The second-order valence-corrected chi connectivity index (χ2v) is 6.88. The van der Waals surface area contributed by atoms with Crippen molar-refractivity contribution in [1.82, 2.24) is 19.7 Å². The number of halogens is 1. The zero-order valence-electron chi connectivity index (χ0n) is 16.1. The molecule has 1 aliphatic rings. The Bertz CT molecular complexity index is 898. The molecule has 0 saturated carbocycles. The number of rotatable bonds is 4. The number of carbonyl (C=O) groups is 1. The van der Waals surface area contributed by atoms with E-state index in [4.69, 9.17) is 0 Å². The maximum absolute atomic E-state index is 13.3. The number of benzene rings is 1. The molecule has 3 rings (SSSR count). The summed E-state index contributed by atoms with van der Waals surface area (Å²) in [6.07, 6.45) is -1.22. The highest BCUT2D eigenvalue weighted by Gasteiger charge is 2.32. The average Bonchev–Trinajstić information content (AvgIpc) is 3.07. The van der Waals surface area contributed by atoms with Crippen LogP contribution in [0.4, 0.5) is 4.39 Å². The van der Waals surface area contributed by atoms with Crippen LogP contribution in [0.15, 0.2) is 41.5 Å². The van der Waals surface area contributed by atoms with Crippen LogP contribution in [-0.4, -0.2) is 44.0 Å². The summed E-state index contributed by atoms with van der Waals surface area (Å²) in [7, 11) is 0. The monoisotopic (exact) mass is 369 g/mol. The van der Waals surface area contributed by atoms with E-state index in [0.717, 1.165) is 5.56 Å². The van der Waals surface area contributed by atoms with Gasteiger partial charge in [-0.3, -0.25) is 9.79 Å². The molecule has 27 heavy (non-hydrogen) atoms. The highest BCUT2D eigenvalue weighted by atomic mass is 19.1. The van der Waals surface area contributed by atoms with Gasteiger partial charge in [-0.15, -0.1) is 10.2 Å². The number of amides is 1. The van der Waals surface area contributed by atoms with E-state index in [1.54, 1.807) is 11.8 Å². The first kappa shape index (κ1) is 18.9. The Morgan fingerprint density at radius 1 is 1.30 bits per heavy atom. The maximum atomic E-state index is 13.3. The van der Waals surface area contributed by atoms with Gasteiger partial charge < -0.3 is 9.47 Å². The summed E-state index contributed by atoms with van der Waals surface area (Å²) < 4.78 is 15.3. The quantitative estimate of drug-likeness (QED) is 0.775. The molecule has 0 fully saturated rings. The number of alkyl halides is 1. The molecule has 1 aromatic heterocycles. The van der Waals surface area contributed by atoms with Gasteiger partial charge in [-0.25, -0.2) is 4.39 Å². The molecule has 0 bridgehead atoms. The number of nitrogens with zero attached hydrogens (tertiary/aromatic N) is 5. The lowest BCUT2D eigenvalue weighted by Gasteiger charge is -2.33. The van der Waals surface area contributed by atoms with E-state index in [0.29, 0.717) is 36.0 Å². The van der Waals surface area contributed by atoms with Crippen molar-refractivity contribution in [1.29, 1.82) is 0 Å². The van der Waals surface area contributed by atoms with Crippen LogP contribution in [0, 0.1) is 6.92 Å². The summed E-state index contributed by atoms with van der Waals surface area (Å²) in [4.78, 5) is 18.9. The molecule has 0 spiro atoms. The van der Waals surface area contributed by atoms with Crippen LogP contribution in [0.1, 0.15) is 54.4 Å². The van der Waals surface area contributed by atoms with E-state index in [1.807, 2.05) is 42.7 Å². The molecule has 0 aliphatic carbocycles. The first-order chi connectivity index (χ1) is 12.8. The lowest BCUT2D eigenvalue weighted by molar-refractivity contribution is 0.0637. The van der Waals surface area contributed by atoms with Gasteiger partial charge >= 0.3 is 0 Å². The summed E-state index contributed by atoms with van der Waals surface area (Å²) in [6.45, 7) is 11.8. The summed E-state index contributed by atoms with van der Waals surface area (Å²) in [5.41, 5.74) is 2.49. The topological polar surface area (TPSA) is 63.4 Å². The predicted octanol–water partition coefficient (Wildman–Crippen LogP) is 3.48. The van der Waals surface area contributed by atoms with Crippen molar-refractivity contribution in [2.75, 3.05) is 6.54 Å². The van der Waals surface area contributed by atoms with Gasteiger partial charge in [-0.05, 0) is 39.8 Å². The van der Waals surface area contributed by atoms with Gasteiger partial charge in [0.25, 0.3) is 5.91 Å². The second-order valence-electron chi connectivity index (χ2n) is 6.88. The highest BCUT2D eigenvalue weighted by Crippen LogP contribution is 2.26. The maximum Gasteiger partial charge on any atom is 0.254 e. The lowest BCUT2D eigenvalue weighted by Crippen LogP contribution is -2.41. The minimum absolute atomic E-state index is 0.0247. The normalized spacial score (nSPS) is 18.2. The van der Waals surface area contributed by atoms with Gasteiger partial charge in [-0.2, -0.15) is 0 Å². The van der Waals surface area contributed by atoms with E-state index in [2.05, 4.69) is 21.8 Å². The lowest BCUT2D eigenvalue weighted by atomic mass is 10.1. The molecule has 0 N–H and O–H groups in total. The Morgan fingerprint density at radius 2 is 1.96 bits per heavy atom. The van der Waals surface area contributed by atoms with Crippen molar-refractivity contribution >= 4 is 11.6 Å². The molecule has 1 aliphatic heterocycles. The number of hydrogen-bond donors (Lipinski definition) is 0. The van der Waals surface area contributed by atoms with Gasteiger partial charge in [0.1, 0.15) is 6.17 Å². The third-order valence-electron chi connectivity index (χ3n) is 4.84. The summed E-state index contributed by atoms with van der Waals surface area (Å²) >= 11 is 0. The van der Waals surface area contributed by atoms with E-state index in [1.165, 1.54) is 6.92 Å². The molecular weight excluding hydrogens is 345 g/mol. The number of aromatic nitrogens is 3. The zero-order chi connectivity index (χ0) is 19.7. The summed E-state index contributed by atoms with van der Waals surface area (Å²) in [6, 6.07) is 7.33. The average molecular weight is 369 g/mol. The number of allylic oxidation sites excluding steroid dienone is 1. The Hall–Kier alpha value is -2.83. The number of fused-ring (bicyclic) bond motifs is 1. The Morgan fingerprint density at radius 3 is 2.59 bits per heavy atom. The smallest absolute Gasteiger partial charge is 0.254 e. The Balaban J connectivity index is 1.86. The van der Waals surface area contributed by atoms with Crippen molar-refractivity contribution in [2.24, 2.45) is 4.99 Å². The van der Waals surface area contributed by atoms with E-state index >= 15 is 0 Å². The molecule has 1 amide bonds. The molecule has 0 saturated heterocycles. The van der Waals surface area contributed by atoms with Crippen LogP contribution in [0.3, 0.4) is 0 Å². The van der Waals surface area contributed by atoms with Crippen LogP contribution in [0.5, 0.6) is 0 Å².